The van der Waals surface area contributed by atoms with Crippen LogP contribution >= 0.6 is 0 Å². The summed E-state index contributed by atoms with van der Waals surface area (Å²) in [5, 5.41) is 1.59. The fraction of sp³-hybridized carbons (Fsp3) is 0.647. The molecule has 2 heteroatoms. The Balaban J connectivity index is 2.55. The van der Waals surface area contributed by atoms with Crippen molar-refractivity contribution in [3.05, 3.63) is 28.8 Å². The molecule has 1 nitrogen and oxygen atoms in total. The standard InChI is InChI=1S/C17H28OSi/c1-12(2)14-9-8-13(10-17(3,4)5)15-11-18-19(6,7)16(14)15/h8-9,12H,10-11H2,1-7H3. The molecular weight excluding hydrogens is 248 g/mol. The van der Waals surface area contributed by atoms with Gasteiger partial charge in [-0.2, -0.15) is 0 Å². The van der Waals surface area contributed by atoms with Gasteiger partial charge in [0.05, 0.1) is 6.61 Å². The van der Waals surface area contributed by atoms with Gasteiger partial charge in [0.15, 0.2) is 0 Å². The summed E-state index contributed by atoms with van der Waals surface area (Å²) in [6, 6.07) is 4.70. The maximum atomic E-state index is 6.20. The van der Waals surface area contributed by atoms with E-state index in [-0.39, 0.29) is 0 Å². The van der Waals surface area contributed by atoms with Crippen LogP contribution in [0.25, 0.3) is 0 Å². The van der Waals surface area contributed by atoms with Crippen LogP contribution in [-0.2, 0) is 17.5 Å². The Morgan fingerprint density at radius 2 is 1.84 bits per heavy atom. The van der Waals surface area contributed by atoms with Crippen LogP contribution in [0.5, 0.6) is 0 Å². The molecule has 0 radical (unpaired) electrons. The summed E-state index contributed by atoms with van der Waals surface area (Å²) < 4.78 is 6.20. The topological polar surface area (TPSA) is 9.23 Å². The monoisotopic (exact) mass is 276 g/mol. The van der Waals surface area contributed by atoms with Crippen LogP contribution < -0.4 is 5.19 Å². The maximum Gasteiger partial charge on any atom is 0.219 e. The van der Waals surface area contributed by atoms with Crippen LogP contribution in [0.15, 0.2) is 12.1 Å². The van der Waals surface area contributed by atoms with Gasteiger partial charge in [-0.3, -0.25) is 0 Å². The average Bonchev–Trinajstić information content (AvgIpc) is 2.54. The van der Waals surface area contributed by atoms with Crippen molar-refractivity contribution in [2.24, 2.45) is 5.41 Å². The first kappa shape index (κ1) is 14.8. The Hall–Kier alpha value is -0.603. The van der Waals surface area contributed by atoms with Gasteiger partial charge in [-0.25, -0.2) is 0 Å². The molecule has 0 atom stereocenters. The van der Waals surface area contributed by atoms with Crippen LogP contribution in [0.2, 0.25) is 13.1 Å². The molecule has 106 valence electrons. The Labute approximate surface area is 119 Å². The highest BCUT2D eigenvalue weighted by atomic mass is 28.4. The second kappa shape index (κ2) is 4.74. The lowest BCUT2D eigenvalue weighted by atomic mass is 9.85. The second-order valence-electron chi connectivity index (χ2n) is 7.86. The summed E-state index contributed by atoms with van der Waals surface area (Å²) >= 11 is 0. The Kier molecular flexibility index (Phi) is 3.70. The van der Waals surface area contributed by atoms with E-state index in [1.54, 1.807) is 5.19 Å². The molecule has 0 saturated carbocycles. The highest BCUT2D eigenvalue weighted by Crippen LogP contribution is 2.31. The molecular formula is C17H28OSi. The van der Waals surface area contributed by atoms with Crippen molar-refractivity contribution < 1.29 is 4.43 Å². The zero-order valence-electron chi connectivity index (χ0n) is 13.6. The van der Waals surface area contributed by atoms with E-state index in [9.17, 15) is 0 Å². The fourth-order valence-electron chi connectivity index (χ4n) is 3.13. The van der Waals surface area contributed by atoms with Crippen molar-refractivity contribution >= 4 is 13.5 Å². The van der Waals surface area contributed by atoms with Gasteiger partial charge in [0.25, 0.3) is 0 Å². The molecule has 1 aromatic rings. The number of benzene rings is 1. The summed E-state index contributed by atoms with van der Waals surface area (Å²) in [4.78, 5) is 0. The van der Waals surface area contributed by atoms with Crippen LogP contribution in [0.1, 0.15) is 57.2 Å². The summed E-state index contributed by atoms with van der Waals surface area (Å²) in [6.07, 6.45) is 1.14. The second-order valence-corrected chi connectivity index (χ2v) is 11.7. The molecule has 0 saturated heterocycles. The van der Waals surface area contributed by atoms with Gasteiger partial charge in [-0.05, 0) is 52.7 Å². The van der Waals surface area contributed by atoms with Crippen molar-refractivity contribution in [2.75, 3.05) is 0 Å². The number of hydrogen-bond acceptors (Lipinski definition) is 1. The lowest BCUT2D eigenvalue weighted by molar-refractivity contribution is 0.317. The molecule has 2 rings (SSSR count). The van der Waals surface area contributed by atoms with Crippen molar-refractivity contribution in [2.45, 2.75) is 66.7 Å². The summed E-state index contributed by atoms with van der Waals surface area (Å²) in [5.74, 6) is 0.589. The van der Waals surface area contributed by atoms with Gasteiger partial charge in [0.1, 0.15) is 0 Å². The molecule has 0 unspecified atom stereocenters. The van der Waals surface area contributed by atoms with E-state index in [0.717, 1.165) is 13.0 Å². The molecule has 1 aliphatic heterocycles. The quantitative estimate of drug-likeness (QED) is 0.730. The third-order valence-electron chi connectivity index (χ3n) is 3.96. The van der Waals surface area contributed by atoms with E-state index in [2.05, 4.69) is 59.8 Å². The first-order valence-electron chi connectivity index (χ1n) is 7.41. The molecule has 0 N–H and O–H groups in total. The SMILES string of the molecule is CC(C)c1ccc(CC(C)(C)C)c2c1[Si](C)(C)OC2. The van der Waals surface area contributed by atoms with Gasteiger partial charge in [-0.15, -0.1) is 0 Å². The predicted molar refractivity (Wildman–Crippen MR) is 85.6 cm³/mol. The van der Waals surface area contributed by atoms with Crippen LogP contribution in [0, 0.1) is 5.41 Å². The Morgan fingerprint density at radius 3 is 2.37 bits per heavy atom. The minimum Gasteiger partial charge on any atom is -0.409 e. The van der Waals surface area contributed by atoms with Crippen molar-refractivity contribution in [3.8, 4) is 0 Å². The van der Waals surface area contributed by atoms with Crippen molar-refractivity contribution in [1.82, 2.24) is 0 Å². The van der Waals surface area contributed by atoms with E-state index >= 15 is 0 Å². The normalized spacial score (nSPS) is 17.9. The molecule has 0 aromatic heterocycles. The van der Waals surface area contributed by atoms with Gasteiger partial charge >= 0.3 is 0 Å². The van der Waals surface area contributed by atoms with Crippen LogP contribution in [0.3, 0.4) is 0 Å². The van der Waals surface area contributed by atoms with Gasteiger partial charge in [0, 0.05) is 0 Å². The van der Waals surface area contributed by atoms with Crippen molar-refractivity contribution in [3.63, 3.8) is 0 Å². The lowest BCUT2D eigenvalue weighted by Gasteiger charge is -2.24. The molecule has 0 amide bonds. The highest BCUT2D eigenvalue weighted by molar-refractivity contribution is 6.85. The minimum absolute atomic E-state index is 0.335. The summed E-state index contributed by atoms with van der Waals surface area (Å²) in [6.45, 7) is 17.0. The number of fused-ring (bicyclic) bond motifs is 1. The van der Waals surface area contributed by atoms with Gasteiger partial charge in [0.2, 0.25) is 8.32 Å². The van der Waals surface area contributed by atoms with Crippen LogP contribution in [-0.4, -0.2) is 8.32 Å². The molecule has 1 heterocycles. The third kappa shape index (κ3) is 2.95. The first-order valence-corrected chi connectivity index (χ1v) is 10.3. The Bertz CT molecular complexity index is 481. The van der Waals surface area contributed by atoms with E-state index < -0.39 is 8.32 Å². The maximum absolute atomic E-state index is 6.20. The summed E-state index contributed by atoms with van der Waals surface area (Å²) in [5.41, 5.74) is 4.87. The lowest BCUT2D eigenvalue weighted by Crippen LogP contribution is -2.43. The van der Waals surface area contributed by atoms with Gasteiger partial charge < -0.3 is 4.43 Å². The zero-order chi connectivity index (χ0) is 14.4. The zero-order valence-corrected chi connectivity index (χ0v) is 14.6. The Morgan fingerprint density at radius 1 is 1.21 bits per heavy atom. The third-order valence-corrected chi connectivity index (χ3v) is 6.62. The number of rotatable bonds is 2. The molecule has 1 aliphatic rings. The van der Waals surface area contributed by atoms with E-state index in [1.165, 1.54) is 16.7 Å². The molecule has 0 bridgehead atoms. The number of hydrogen-bond donors (Lipinski definition) is 0. The largest absolute Gasteiger partial charge is 0.409 e. The highest BCUT2D eigenvalue weighted by Gasteiger charge is 2.38. The van der Waals surface area contributed by atoms with Crippen molar-refractivity contribution in [1.29, 1.82) is 0 Å². The smallest absolute Gasteiger partial charge is 0.219 e. The average molecular weight is 276 g/mol. The van der Waals surface area contributed by atoms with E-state index in [1.807, 2.05) is 0 Å². The van der Waals surface area contributed by atoms with E-state index in [0.29, 0.717) is 11.3 Å². The molecule has 0 spiro atoms. The van der Waals surface area contributed by atoms with Crippen LogP contribution in [0.4, 0.5) is 0 Å². The molecule has 19 heavy (non-hydrogen) atoms. The van der Waals surface area contributed by atoms with E-state index in [4.69, 9.17) is 4.43 Å². The predicted octanol–water partition coefficient (Wildman–Crippen LogP) is 4.34. The molecule has 1 aromatic carbocycles. The molecule has 0 aliphatic carbocycles. The minimum atomic E-state index is -1.67. The molecule has 0 fully saturated rings. The van der Waals surface area contributed by atoms with Gasteiger partial charge in [-0.1, -0.05) is 46.8 Å². The first-order chi connectivity index (χ1) is 8.62. The fourth-order valence-corrected chi connectivity index (χ4v) is 5.80. The summed E-state index contributed by atoms with van der Waals surface area (Å²) in [7, 11) is -1.67.